The molecule has 0 spiro atoms. The van der Waals surface area contributed by atoms with Crippen LogP contribution in [0.15, 0.2) is 18.2 Å². The molecule has 1 heterocycles. The molecule has 0 aliphatic carbocycles. The Bertz CT molecular complexity index is 389. The average Bonchev–Trinajstić information content (AvgIpc) is 2.57. The highest BCUT2D eigenvalue weighted by atomic mass is 19.4. The molecule has 0 saturated heterocycles. The number of hydrogen-bond acceptors (Lipinski definition) is 2. The topological polar surface area (TPSA) is 21.3 Å². The molecule has 5 heteroatoms. The van der Waals surface area contributed by atoms with E-state index in [0.29, 0.717) is 0 Å². The van der Waals surface area contributed by atoms with Crippen molar-refractivity contribution >= 4 is 5.69 Å². The number of benzene rings is 1. The van der Waals surface area contributed by atoms with Gasteiger partial charge in [0.05, 0.1) is 0 Å². The highest BCUT2D eigenvalue weighted by Gasteiger charge is 2.32. The van der Waals surface area contributed by atoms with Crippen molar-refractivity contribution in [2.75, 3.05) is 11.9 Å². The predicted molar refractivity (Wildman–Crippen MR) is 54.6 cm³/mol. The number of nitrogens with one attached hydrogen (secondary N) is 1. The van der Waals surface area contributed by atoms with Gasteiger partial charge in [-0.15, -0.1) is 13.2 Å². The van der Waals surface area contributed by atoms with Crippen LogP contribution in [-0.4, -0.2) is 12.9 Å². The Hall–Kier alpha value is -1.39. The normalized spacial score (nSPS) is 19.1. The zero-order valence-corrected chi connectivity index (χ0v) is 8.77. The molecular weight excluding hydrogens is 219 g/mol. The molecule has 1 aliphatic rings. The van der Waals surface area contributed by atoms with Gasteiger partial charge in [-0.05, 0) is 30.2 Å². The van der Waals surface area contributed by atoms with Crippen molar-refractivity contribution in [2.24, 2.45) is 0 Å². The van der Waals surface area contributed by atoms with Gasteiger partial charge < -0.3 is 10.1 Å². The summed E-state index contributed by atoms with van der Waals surface area (Å²) in [5.74, 6) is 0.125. The van der Waals surface area contributed by atoms with Crippen LogP contribution < -0.4 is 10.1 Å². The molecule has 0 bridgehead atoms. The van der Waals surface area contributed by atoms with Crippen molar-refractivity contribution in [3.05, 3.63) is 23.8 Å². The summed E-state index contributed by atoms with van der Waals surface area (Å²) in [7, 11) is 0. The summed E-state index contributed by atoms with van der Waals surface area (Å²) in [6.07, 6.45) is -3.72. The smallest absolute Gasteiger partial charge is 0.406 e. The standard InChI is InChI=1S/C11H12F3NO/c1-2-7-6-15-10-4-3-8(5-9(7)10)16-11(12,13)14/h3-5,7,15H,2,6H2,1H3. The lowest BCUT2D eigenvalue weighted by Crippen LogP contribution is -2.17. The maximum absolute atomic E-state index is 12.0. The second-order valence-electron chi connectivity index (χ2n) is 3.78. The first-order valence-electron chi connectivity index (χ1n) is 5.13. The summed E-state index contributed by atoms with van der Waals surface area (Å²) < 4.78 is 40.0. The van der Waals surface area contributed by atoms with Gasteiger partial charge in [0.2, 0.25) is 0 Å². The molecule has 0 fully saturated rings. The largest absolute Gasteiger partial charge is 0.573 e. The molecule has 0 amide bonds. The zero-order valence-electron chi connectivity index (χ0n) is 8.77. The first-order chi connectivity index (χ1) is 7.49. The maximum atomic E-state index is 12.0. The fourth-order valence-electron chi connectivity index (χ4n) is 1.94. The van der Waals surface area contributed by atoms with E-state index in [1.54, 1.807) is 6.07 Å². The van der Waals surface area contributed by atoms with Crippen LogP contribution in [0.1, 0.15) is 24.8 Å². The van der Waals surface area contributed by atoms with Crippen molar-refractivity contribution in [1.82, 2.24) is 0 Å². The molecule has 1 N–H and O–H groups in total. The second-order valence-corrected chi connectivity index (χ2v) is 3.78. The minimum atomic E-state index is -4.62. The third-order valence-corrected chi connectivity index (χ3v) is 2.73. The minimum Gasteiger partial charge on any atom is -0.406 e. The lowest BCUT2D eigenvalue weighted by Gasteiger charge is -2.11. The highest BCUT2D eigenvalue weighted by Crippen LogP contribution is 2.37. The lowest BCUT2D eigenvalue weighted by atomic mass is 9.99. The molecule has 2 rings (SSSR count). The highest BCUT2D eigenvalue weighted by molar-refractivity contribution is 5.60. The second kappa shape index (κ2) is 3.88. The summed E-state index contributed by atoms with van der Waals surface area (Å²) in [6.45, 7) is 2.79. The molecule has 0 saturated carbocycles. The Morgan fingerprint density at radius 1 is 1.44 bits per heavy atom. The average molecular weight is 231 g/mol. The number of halogens is 3. The van der Waals surface area contributed by atoms with Crippen LogP contribution in [0.5, 0.6) is 5.75 Å². The van der Waals surface area contributed by atoms with Crippen molar-refractivity contribution in [2.45, 2.75) is 25.6 Å². The number of anilines is 1. The third-order valence-electron chi connectivity index (χ3n) is 2.73. The monoisotopic (exact) mass is 231 g/mol. The Morgan fingerprint density at radius 2 is 2.19 bits per heavy atom. The molecule has 0 aromatic heterocycles. The number of ether oxygens (including phenoxy) is 1. The fourth-order valence-corrected chi connectivity index (χ4v) is 1.94. The van der Waals surface area contributed by atoms with Crippen LogP contribution in [0.3, 0.4) is 0 Å². The van der Waals surface area contributed by atoms with E-state index >= 15 is 0 Å². The van der Waals surface area contributed by atoms with Crippen LogP contribution >= 0.6 is 0 Å². The molecular formula is C11H12F3NO. The summed E-state index contributed by atoms with van der Waals surface area (Å²) in [4.78, 5) is 0. The van der Waals surface area contributed by atoms with E-state index < -0.39 is 6.36 Å². The van der Waals surface area contributed by atoms with E-state index in [9.17, 15) is 13.2 Å². The Balaban J connectivity index is 2.25. The fraction of sp³-hybridized carbons (Fsp3) is 0.455. The molecule has 16 heavy (non-hydrogen) atoms. The summed E-state index contributed by atoms with van der Waals surface area (Å²) in [5, 5.41) is 3.15. The van der Waals surface area contributed by atoms with Crippen molar-refractivity contribution in [1.29, 1.82) is 0 Å². The molecule has 88 valence electrons. The van der Waals surface area contributed by atoms with E-state index in [2.05, 4.69) is 10.1 Å². The van der Waals surface area contributed by atoms with E-state index in [-0.39, 0.29) is 11.7 Å². The van der Waals surface area contributed by atoms with Crippen LogP contribution in [0.25, 0.3) is 0 Å². The van der Waals surface area contributed by atoms with Gasteiger partial charge in [-0.2, -0.15) is 0 Å². The molecule has 0 radical (unpaired) electrons. The van der Waals surface area contributed by atoms with Gasteiger partial charge >= 0.3 is 6.36 Å². The minimum absolute atomic E-state index is 0.145. The lowest BCUT2D eigenvalue weighted by molar-refractivity contribution is -0.274. The molecule has 1 atom stereocenters. The van der Waals surface area contributed by atoms with Gasteiger partial charge in [-0.3, -0.25) is 0 Å². The summed E-state index contributed by atoms with van der Waals surface area (Å²) >= 11 is 0. The van der Waals surface area contributed by atoms with Gasteiger partial charge in [0.1, 0.15) is 5.75 Å². The van der Waals surface area contributed by atoms with E-state index in [1.165, 1.54) is 12.1 Å². The SMILES string of the molecule is CCC1CNc2ccc(OC(F)(F)F)cc21. The molecule has 1 aromatic rings. The quantitative estimate of drug-likeness (QED) is 0.841. The molecule has 1 aromatic carbocycles. The maximum Gasteiger partial charge on any atom is 0.573 e. The van der Waals surface area contributed by atoms with Crippen molar-refractivity contribution < 1.29 is 17.9 Å². The Kier molecular flexibility index (Phi) is 2.69. The number of hydrogen-bond donors (Lipinski definition) is 1. The molecule has 1 aliphatic heterocycles. The zero-order chi connectivity index (χ0) is 11.8. The Morgan fingerprint density at radius 3 is 2.81 bits per heavy atom. The van der Waals surface area contributed by atoms with Gasteiger partial charge in [0, 0.05) is 18.2 Å². The third kappa shape index (κ3) is 2.23. The predicted octanol–water partition coefficient (Wildman–Crippen LogP) is 3.50. The van der Waals surface area contributed by atoms with E-state index in [4.69, 9.17) is 0 Å². The van der Waals surface area contributed by atoms with Crippen molar-refractivity contribution in [3.8, 4) is 5.75 Å². The summed E-state index contributed by atoms with van der Waals surface area (Å²) in [6, 6.07) is 4.43. The van der Waals surface area contributed by atoms with Gasteiger partial charge in [0.25, 0.3) is 0 Å². The molecule has 1 unspecified atom stereocenters. The summed E-state index contributed by atoms with van der Waals surface area (Å²) in [5.41, 5.74) is 1.81. The van der Waals surface area contributed by atoms with Crippen LogP contribution in [0.4, 0.5) is 18.9 Å². The van der Waals surface area contributed by atoms with Gasteiger partial charge in [0.15, 0.2) is 0 Å². The van der Waals surface area contributed by atoms with Crippen LogP contribution in [-0.2, 0) is 0 Å². The Labute approximate surface area is 91.4 Å². The molecule has 2 nitrogen and oxygen atoms in total. The van der Waals surface area contributed by atoms with Gasteiger partial charge in [-0.1, -0.05) is 6.92 Å². The van der Waals surface area contributed by atoms with Crippen LogP contribution in [0, 0.1) is 0 Å². The van der Waals surface area contributed by atoms with Crippen molar-refractivity contribution in [3.63, 3.8) is 0 Å². The van der Waals surface area contributed by atoms with E-state index in [0.717, 1.165) is 24.2 Å². The van der Waals surface area contributed by atoms with Gasteiger partial charge in [-0.25, -0.2) is 0 Å². The first-order valence-corrected chi connectivity index (χ1v) is 5.13. The first kappa shape index (κ1) is 11.1. The van der Waals surface area contributed by atoms with Crippen LogP contribution in [0.2, 0.25) is 0 Å². The van der Waals surface area contributed by atoms with E-state index in [1.807, 2.05) is 6.92 Å². The number of fused-ring (bicyclic) bond motifs is 1. The number of rotatable bonds is 2. The number of alkyl halides is 3.